The average Bonchev–Trinajstić information content (AvgIpc) is 3.16. The van der Waals surface area contributed by atoms with Gasteiger partial charge in [0.15, 0.2) is 0 Å². The molecule has 63 heavy (non-hydrogen) atoms. The first-order chi connectivity index (χ1) is 29.2. The number of urea groups is 1. The zero-order chi connectivity index (χ0) is 47.0. The number of benzene rings is 2. The summed E-state index contributed by atoms with van der Waals surface area (Å²) in [5.41, 5.74) is -3.21. The molecular weight excluding hydrogens is 863 g/mol. The number of imide groups is 1. The van der Waals surface area contributed by atoms with E-state index in [9.17, 15) is 29.3 Å². The summed E-state index contributed by atoms with van der Waals surface area (Å²) in [4.78, 5) is 81.9. The van der Waals surface area contributed by atoms with E-state index in [1.165, 1.54) is 45.5 Å². The van der Waals surface area contributed by atoms with Crippen LogP contribution in [0.15, 0.2) is 36.7 Å². The van der Waals surface area contributed by atoms with Gasteiger partial charge in [-0.05, 0) is 87.3 Å². The van der Waals surface area contributed by atoms with Crippen LogP contribution in [0.25, 0.3) is 0 Å². The number of aromatic nitrogens is 2. The van der Waals surface area contributed by atoms with Gasteiger partial charge in [0.1, 0.15) is 67.7 Å². The number of ether oxygens (including phenoxy) is 5. The van der Waals surface area contributed by atoms with Gasteiger partial charge >= 0.3 is 24.3 Å². The van der Waals surface area contributed by atoms with Crippen LogP contribution in [-0.2, 0) is 14.2 Å². The summed E-state index contributed by atoms with van der Waals surface area (Å²) in [6, 6.07) is 5.98. The molecule has 5 amide bonds. The topological polar surface area (TPSA) is 200 Å². The Bertz CT molecular complexity index is 2230. The van der Waals surface area contributed by atoms with Crippen LogP contribution < -0.4 is 29.1 Å². The van der Waals surface area contributed by atoms with Crippen molar-refractivity contribution in [2.24, 2.45) is 5.41 Å². The van der Waals surface area contributed by atoms with Crippen molar-refractivity contribution in [1.29, 1.82) is 0 Å². The van der Waals surface area contributed by atoms with Gasteiger partial charge in [0, 0.05) is 62.5 Å². The van der Waals surface area contributed by atoms with Crippen molar-refractivity contribution in [2.75, 3.05) is 67.0 Å². The molecule has 0 aliphatic carbocycles. The van der Waals surface area contributed by atoms with Gasteiger partial charge in [0.2, 0.25) is 0 Å². The van der Waals surface area contributed by atoms with E-state index in [1.807, 2.05) is 25.7 Å². The van der Waals surface area contributed by atoms with E-state index in [0.717, 1.165) is 29.0 Å². The normalized spacial score (nSPS) is 14.9. The molecular formula is C42H54Cl2N8O11. The molecule has 3 aromatic rings. The van der Waals surface area contributed by atoms with Crippen LogP contribution in [0.3, 0.4) is 0 Å². The van der Waals surface area contributed by atoms with Crippen LogP contribution in [-0.4, -0.2) is 108 Å². The molecule has 2 saturated heterocycles. The maximum absolute atomic E-state index is 14.5. The van der Waals surface area contributed by atoms with Gasteiger partial charge in [0.05, 0.1) is 19.1 Å². The Morgan fingerprint density at radius 1 is 0.778 bits per heavy atom. The minimum absolute atomic E-state index is 0.0242. The Hall–Kier alpha value is -5.82. The molecule has 19 nitrogen and oxygen atoms in total. The van der Waals surface area contributed by atoms with Crippen LogP contribution in [0, 0.1) is 15.5 Å². The number of anilines is 5. The number of nitro groups is 1. The van der Waals surface area contributed by atoms with Crippen molar-refractivity contribution < 1.29 is 47.8 Å². The number of rotatable bonds is 8. The molecule has 1 aromatic heterocycles. The number of methoxy groups -OCH3 is 2. The van der Waals surface area contributed by atoms with Crippen LogP contribution >= 0.6 is 23.2 Å². The summed E-state index contributed by atoms with van der Waals surface area (Å²) in [7, 11) is 3.92. The first kappa shape index (κ1) is 48.2. The molecule has 2 aromatic carbocycles. The molecule has 2 aliphatic rings. The average molecular weight is 918 g/mol. The molecule has 2 fully saturated rings. The number of hydrogen-bond donors (Lipinski definition) is 0. The highest BCUT2D eigenvalue weighted by molar-refractivity contribution is 6.43. The van der Waals surface area contributed by atoms with Crippen molar-refractivity contribution in [3.63, 3.8) is 0 Å². The van der Waals surface area contributed by atoms with E-state index in [4.69, 9.17) is 46.9 Å². The molecule has 0 N–H and O–H groups in total. The number of nitro benzene ring substituents is 1. The van der Waals surface area contributed by atoms with E-state index in [0.29, 0.717) is 36.8 Å². The highest BCUT2D eigenvalue weighted by Crippen LogP contribution is 2.48. The first-order valence-electron chi connectivity index (χ1n) is 20.0. The van der Waals surface area contributed by atoms with E-state index in [1.54, 1.807) is 52.5 Å². The van der Waals surface area contributed by atoms with Gasteiger partial charge in [-0.1, -0.05) is 23.2 Å². The van der Waals surface area contributed by atoms with Crippen LogP contribution in [0.2, 0.25) is 10.0 Å². The lowest BCUT2D eigenvalue weighted by molar-refractivity contribution is -0.384. The highest BCUT2D eigenvalue weighted by Gasteiger charge is 2.47. The van der Waals surface area contributed by atoms with Crippen molar-refractivity contribution in [3.8, 4) is 11.5 Å². The first-order valence-corrected chi connectivity index (χ1v) is 20.7. The largest absolute Gasteiger partial charge is 0.495 e. The number of halogens is 2. The number of piperidine rings is 1. The highest BCUT2D eigenvalue weighted by atomic mass is 35.5. The molecule has 21 heteroatoms. The second kappa shape index (κ2) is 18.1. The molecule has 0 radical (unpaired) electrons. The Morgan fingerprint density at radius 2 is 1.30 bits per heavy atom. The number of carbonyl (C=O) groups excluding carboxylic acids is 4. The third-order valence-corrected chi connectivity index (χ3v) is 10.6. The lowest BCUT2D eigenvalue weighted by Crippen LogP contribution is -2.61. The Balaban J connectivity index is 1.50. The maximum atomic E-state index is 14.5. The standard InChI is InChI=1S/C42H54Cl2N8O11/c1-39(2,3)61-36(54)48-17-15-42(16-18-48)22-49(23-42)25-13-14-26(27(19-25)52(57)58)50(37(55)62-40(4,5)6)31-21-30(45-24-46-31)47(10)35(53)51(38(56)63-41(7,8)9)34-32(43)28(59-11)20-29(60-12)33(34)44/h13-14,19-21,24H,15-18,22-23H2,1-12H3. The smallest absolute Gasteiger partial charge is 0.423 e. The predicted octanol–water partition coefficient (Wildman–Crippen LogP) is 9.62. The van der Waals surface area contributed by atoms with Crippen molar-refractivity contribution in [3.05, 3.63) is 56.8 Å². The zero-order valence-electron chi connectivity index (χ0n) is 37.5. The Kier molecular flexibility index (Phi) is 13.9. The van der Waals surface area contributed by atoms with Gasteiger partial charge in [-0.2, -0.15) is 4.90 Å². The quantitative estimate of drug-likeness (QED) is 0.117. The number of carbonyl (C=O) groups is 4. The monoisotopic (exact) mass is 916 g/mol. The molecule has 3 heterocycles. The van der Waals surface area contributed by atoms with Crippen molar-refractivity contribution in [2.45, 2.75) is 92.0 Å². The molecule has 342 valence electrons. The van der Waals surface area contributed by atoms with E-state index < -0.39 is 45.6 Å². The summed E-state index contributed by atoms with van der Waals surface area (Å²) in [5, 5.41) is 12.4. The summed E-state index contributed by atoms with van der Waals surface area (Å²) in [5.74, 6) is -0.336. The molecule has 0 saturated carbocycles. The number of likely N-dealkylation sites (tertiary alicyclic amines) is 1. The molecule has 5 rings (SSSR count). The Morgan fingerprint density at radius 3 is 1.81 bits per heavy atom. The van der Waals surface area contributed by atoms with Crippen molar-refractivity contribution >= 4 is 81.9 Å². The maximum Gasteiger partial charge on any atom is 0.423 e. The summed E-state index contributed by atoms with van der Waals surface area (Å²) in [6.45, 7) is 17.4. The van der Waals surface area contributed by atoms with Crippen LogP contribution in [0.5, 0.6) is 11.5 Å². The third kappa shape index (κ3) is 11.0. The van der Waals surface area contributed by atoms with Gasteiger partial charge in [-0.25, -0.2) is 34.0 Å². The second-order valence-electron chi connectivity index (χ2n) is 18.2. The van der Waals surface area contributed by atoms with E-state index >= 15 is 0 Å². The van der Waals surface area contributed by atoms with E-state index in [-0.39, 0.29) is 56.1 Å². The Labute approximate surface area is 376 Å². The van der Waals surface area contributed by atoms with Gasteiger partial charge < -0.3 is 33.5 Å². The molecule has 2 aliphatic heterocycles. The lowest BCUT2D eigenvalue weighted by atomic mass is 9.72. The van der Waals surface area contributed by atoms with Gasteiger partial charge in [-0.3, -0.25) is 15.0 Å². The molecule has 1 spiro atoms. The fourth-order valence-electron chi connectivity index (χ4n) is 6.95. The predicted molar refractivity (Wildman–Crippen MR) is 237 cm³/mol. The molecule has 0 bridgehead atoms. The third-order valence-electron chi connectivity index (χ3n) is 9.91. The summed E-state index contributed by atoms with van der Waals surface area (Å²) < 4.78 is 27.6. The van der Waals surface area contributed by atoms with Gasteiger partial charge in [-0.15, -0.1) is 0 Å². The summed E-state index contributed by atoms with van der Waals surface area (Å²) >= 11 is 13.4. The fraction of sp³-hybridized carbons (Fsp3) is 0.524. The van der Waals surface area contributed by atoms with E-state index in [2.05, 4.69) is 9.97 Å². The number of hydrogen-bond acceptors (Lipinski definition) is 14. The minimum Gasteiger partial charge on any atom is -0.495 e. The SMILES string of the molecule is COc1cc(OC)c(Cl)c(N(C(=O)OC(C)(C)C)C(=O)N(C)c2cc(N(C(=O)OC(C)(C)C)c3ccc(N4CC5(CCN(C(=O)OC(C)(C)C)CC5)C4)cc3[N+](=O)[O-])ncn2)c1Cl. The number of amides is 5. The van der Waals surface area contributed by atoms with Gasteiger partial charge in [0.25, 0.3) is 5.69 Å². The zero-order valence-corrected chi connectivity index (χ0v) is 39.0. The summed E-state index contributed by atoms with van der Waals surface area (Å²) in [6.07, 6.45) is -0.0222. The van der Waals surface area contributed by atoms with Crippen LogP contribution in [0.1, 0.15) is 75.2 Å². The lowest BCUT2D eigenvalue weighted by Gasteiger charge is -2.54. The molecule has 0 unspecified atom stereocenters. The minimum atomic E-state index is -1.17. The molecule has 0 atom stereocenters. The van der Waals surface area contributed by atoms with Crippen molar-refractivity contribution in [1.82, 2.24) is 14.9 Å². The number of nitrogens with zero attached hydrogens (tertiary/aromatic N) is 8. The fourth-order valence-corrected chi connectivity index (χ4v) is 7.62. The second-order valence-corrected chi connectivity index (χ2v) is 19.0. The van der Waals surface area contributed by atoms with Crippen LogP contribution in [0.4, 0.5) is 53.6 Å².